The van der Waals surface area contributed by atoms with Crippen molar-refractivity contribution in [3.8, 4) is 0 Å². The second kappa shape index (κ2) is 14.1. The fourth-order valence-corrected chi connectivity index (χ4v) is 1.95. The van der Waals surface area contributed by atoms with E-state index in [2.05, 4.69) is 16.7 Å². The number of rotatable bonds is 13. The van der Waals surface area contributed by atoms with Gasteiger partial charge < -0.3 is 4.55 Å². The summed E-state index contributed by atoms with van der Waals surface area (Å²) < 4.78 is 24.2. The summed E-state index contributed by atoms with van der Waals surface area (Å²) in [6.07, 6.45) is 12.7. The number of hydrogen-bond acceptors (Lipinski definition) is 4. The molecule has 0 rings (SSSR count). The van der Waals surface area contributed by atoms with Crippen LogP contribution in [0, 0.1) is 0 Å². The van der Waals surface area contributed by atoms with Crippen LogP contribution >= 0.6 is 0 Å². The van der Waals surface area contributed by atoms with Crippen molar-refractivity contribution in [2.45, 2.75) is 71.1 Å². The molecule has 4 nitrogen and oxygen atoms in total. The van der Waals surface area contributed by atoms with Gasteiger partial charge in [0.2, 0.25) is 0 Å². The first-order valence-electron chi connectivity index (χ1n) is 6.76. The van der Waals surface area contributed by atoms with Gasteiger partial charge in [-0.3, -0.25) is 0 Å². The highest BCUT2D eigenvalue weighted by atomic mass is 32.2. The standard InChI is InChI=1S/C12H27NO3S/c1-2-3-4-5-6-7-8-9-10-11-12-13-16-17(14)15/h13H,2-12H2,1H3,(H,14,15)/p-1. The Bertz CT molecular complexity index is 179. The Kier molecular flexibility index (Phi) is 14.1. The number of unbranched alkanes of at least 4 members (excludes halogenated alkanes) is 9. The normalized spacial score (nSPS) is 12.8. The Labute approximate surface area is 108 Å². The molecule has 0 aliphatic carbocycles. The third-order valence-electron chi connectivity index (χ3n) is 2.76. The summed E-state index contributed by atoms with van der Waals surface area (Å²) in [5.74, 6) is 0. The minimum atomic E-state index is -2.44. The Balaban J connectivity index is 2.91. The predicted molar refractivity (Wildman–Crippen MR) is 69.9 cm³/mol. The fourth-order valence-electron chi connectivity index (χ4n) is 1.77. The minimum Gasteiger partial charge on any atom is -0.748 e. The van der Waals surface area contributed by atoms with Gasteiger partial charge in [-0.15, -0.1) is 0 Å². The molecular weight excluding hydrogens is 238 g/mol. The smallest absolute Gasteiger partial charge is 0.105 e. The summed E-state index contributed by atoms with van der Waals surface area (Å²) in [6, 6.07) is 0. The molecule has 0 aromatic rings. The van der Waals surface area contributed by atoms with Gasteiger partial charge in [0, 0.05) is 6.54 Å². The van der Waals surface area contributed by atoms with Crippen LogP contribution in [0.3, 0.4) is 0 Å². The molecule has 0 bridgehead atoms. The first kappa shape index (κ1) is 17.0. The maximum Gasteiger partial charge on any atom is 0.105 e. The zero-order chi connectivity index (χ0) is 12.8. The Morgan fingerprint density at radius 3 is 1.88 bits per heavy atom. The van der Waals surface area contributed by atoms with Crippen LogP contribution in [0.4, 0.5) is 0 Å². The molecule has 0 heterocycles. The number of hydroxylamine groups is 1. The SMILES string of the molecule is CCCCCCCCCCCCNOS(=O)[O-]. The van der Waals surface area contributed by atoms with Crippen LogP contribution in [0.2, 0.25) is 0 Å². The third-order valence-corrected chi connectivity index (χ3v) is 3.01. The van der Waals surface area contributed by atoms with E-state index in [0.29, 0.717) is 6.54 Å². The van der Waals surface area contributed by atoms with Gasteiger partial charge in [-0.1, -0.05) is 64.7 Å². The van der Waals surface area contributed by atoms with Crippen LogP contribution in [0.1, 0.15) is 71.1 Å². The topological polar surface area (TPSA) is 61.4 Å². The zero-order valence-corrected chi connectivity index (χ0v) is 11.7. The zero-order valence-electron chi connectivity index (χ0n) is 10.9. The average molecular weight is 264 g/mol. The Morgan fingerprint density at radius 2 is 1.41 bits per heavy atom. The summed E-state index contributed by atoms with van der Waals surface area (Å²) in [4.78, 5) is 0. The van der Waals surface area contributed by atoms with E-state index in [4.69, 9.17) is 0 Å². The molecule has 1 unspecified atom stereocenters. The molecule has 17 heavy (non-hydrogen) atoms. The molecule has 0 aliphatic rings. The highest BCUT2D eigenvalue weighted by Gasteiger charge is 1.92. The molecule has 0 fully saturated rings. The quantitative estimate of drug-likeness (QED) is 0.315. The maximum atomic E-state index is 10.00. The lowest BCUT2D eigenvalue weighted by Gasteiger charge is -2.06. The Hall–Kier alpha value is 0.0300. The van der Waals surface area contributed by atoms with Crippen molar-refractivity contribution in [3.05, 3.63) is 0 Å². The van der Waals surface area contributed by atoms with Crippen molar-refractivity contribution in [1.82, 2.24) is 5.48 Å². The van der Waals surface area contributed by atoms with Gasteiger partial charge in [0.15, 0.2) is 0 Å². The van der Waals surface area contributed by atoms with Crippen molar-refractivity contribution < 1.29 is 13.0 Å². The van der Waals surface area contributed by atoms with Gasteiger partial charge in [-0.25, -0.2) is 8.49 Å². The fraction of sp³-hybridized carbons (Fsp3) is 1.00. The molecule has 0 radical (unpaired) electrons. The van der Waals surface area contributed by atoms with Gasteiger partial charge in [0.25, 0.3) is 0 Å². The summed E-state index contributed by atoms with van der Waals surface area (Å²) in [6.45, 7) is 2.84. The second-order valence-corrected chi connectivity index (χ2v) is 4.94. The van der Waals surface area contributed by atoms with Crippen LogP contribution in [0.25, 0.3) is 0 Å². The van der Waals surface area contributed by atoms with Crippen LogP contribution in [0.5, 0.6) is 0 Å². The van der Waals surface area contributed by atoms with Crippen molar-refractivity contribution in [2.75, 3.05) is 6.54 Å². The average Bonchev–Trinajstić information content (AvgIpc) is 2.30. The summed E-state index contributed by atoms with van der Waals surface area (Å²) in [7, 11) is 0. The van der Waals surface area contributed by atoms with Crippen molar-refractivity contribution in [3.63, 3.8) is 0 Å². The minimum absolute atomic E-state index is 0.602. The van der Waals surface area contributed by atoms with E-state index in [1.165, 1.54) is 51.4 Å². The van der Waals surface area contributed by atoms with Crippen LogP contribution < -0.4 is 5.48 Å². The van der Waals surface area contributed by atoms with E-state index < -0.39 is 11.4 Å². The summed E-state index contributed by atoms with van der Waals surface area (Å²) >= 11 is -2.44. The molecule has 0 amide bonds. The number of hydrogen-bond donors (Lipinski definition) is 1. The lowest BCUT2D eigenvalue weighted by molar-refractivity contribution is 0.192. The first-order valence-corrected chi connectivity index (χ1v) is 7.76. The van der Waals surface area contributed by atoms with Gasteiger partial charge in [0.05, 0.1) is 0 Å². The number of nitrogens with one attached hydrogen (secondary N) is 1. The van der Waals surface area contributed by atoms with Crippen LogP contribution in [-0.4, -0.2) is 15.3 Å². The molecule has 0 saturated heterocycles. The molecule has 0 spiro atoms. The summed E-state index contributed by atoms with van der Waals surface area (Å²) in [5.41, 5.74) is 2.40. The lowest BCUT2D eigenvalue weighted by atomic mass is 10.1. The summed E-state index contributed by atoms with van der Waals surface area (Å²) in [5, 5.41) is 0. The molecule has 0 aromatic heterocycles. The van der Waals surface area contributed by atoms with Gasteiger partial charge in [-0.2, -0.15) is 5.48 Å². The lowest BCUT2D eigenvalue weighted by Crippen LogP contribution is -2.17. The monoisotopic (exact) mass is 264 g/mol. The highest BCUT2D eigenvalue weighted by molar-refractivity contribution is 7.74. The second-order valence-electron chi connectivity index (χ2n) is 4.36. The molecule has 1 atom stereocenters. The van der Waals surface area contributed by atoms with E-state index in [-0.39, 0.29) is 0 Å². The van der Waals surface area contributed by atoms with Gasteiger partial charge >= 0.3 is 0 Å². The molecule has 0 saturated carbocycles. The molecule has 104 valence electrons. The van der Waals surface area contributed by atoms with E-state index >= 15 is 0 Å². The van der Waals surface area contributed by atoms with E-state index in [0.717, 1.165) is 12.8 Å². The molecular formula is C12H26NO3S-. The van der Waals surface area contributed by atoms with E-state index in [9.17, 15) is 8.76 Å². The largest absolute Gasteiger partial charge is 0.748 e. The molecule has 0 aromatic carbocycles. The van der Waals surface area contributed by atoms with Crippen molar-refractivity contribution in [2.24, 2.45) is 0 Å². The highest BCUT2D eigenvalue weighted by Crippen LogP contribution is 2.10. The molecule has 5 heteroatoms. The van der Waals surface area contributed by atoms with Crippen molar-refractivity contribution in [1.29, 1.82) is 0 Å². The molecule has 1 N–H and O–H groups in total. The van der Waals surface area contributed by atoms with Gasteiger partial charge in [0.1, 0.15) is 11.4 Å². The van der Waals surface area contributed by atoms with Crippen molar-refractivity contribution >= 4 is 11.4 Å². The van der Waals surface area contributed by atoms with E-state index in [1.54, 1.807) is 0 Å². The maximum absolute atomic E-state index is 10.00. The predicted octanol–water partition coefficient (Wildman–Crippen LogP) is 3.22. The van der Waals surface area contributed by atoms with Gasteiger partial charge in [-0.05, 0) is 6.42 Å². The third kappa shape index (κ3) is 16.0. The van der Waals surface area contributed by atoms with E-state index in [1.807, 2.05) is 0 Å². The molecule has 0 aliphatic heterocycles. The first-order chi connectivity index (χ1) is 8.27. The van der Waals surface area contributed by atoms with Crippen LogP contribution in [0.15, 0.2) is 0 Å². The van der Waals surface area contributed by atoms with Crippen LogP contribution in [-0.2, 0) is 15.6 Å². The Morgan fingerprint density at radius 1 is 0.941 bits per heavy atom.